The highest BCUT2D eigenvalue weighted by molar-refractivity contribution is 5.95. The van der Waals surface area contributed by atoms with E-state index >= 15 is 0 Å². The maximum Gasteiger partial charge on any atom is 0.345 e. The van der Waals surface area contributed by atoms with Gasteiger partial charge in [0.2, 0.25) is 0 Å². The summed E-state index contributed by atoms with van der Waals surface area (Å²) < 4.78 is 4.98. The number of nitrogens with one attached hydrogen (secondary N) is 1. The van der Waals surface area contributed by atoms with Crippen molar-refractivity contribution in [1.29, 1.82) is 0 Å². The van der Waals surface area contributed by atoms with Gasteiger partial charge in [0, 0.05) is 32.3 Å². The van der Waals surface area contributed by atoms with Crippen molar-refractivity contribution in [3.8, 4) is 5.82 Å². The molecule has 3 aromatic rings. The summed E-state index contributed by atoms with van der Waals surface area (Å²) in [6, 6.07) is 5.59. The number of nitrogens with zero attached hydrogens (tertiary/aromatic N) is 6. The van der Waals surface area contributed by atoms with Gasteiger partial charge >= 0.3 is 5.69 Å². The number of aryl methyl sites for hydroxylation is 2. The Bertz CT molecular complexity index is 1050. The minimum absolute atomic E-state index is 0.0454. The van der Waals surface area contributed by atoms with E-state index in [9.17, 15) is 9.59 Å². The second kappa shape index (κ2) is 8.42. The Balaban J connectivity index is 1.36. The standard InChI is InChI=1S/C20H25N7O2/c1-2-16-15(14-23-27(16)17-8-3-5-10-21-17)19(28)22-11-7-13-26-20(29)25-12-6-4-9-18(25)24-26/h3,5,8,10,14H,2,4,6-7,9,11-13H2,1H3,(H,22,28). The smallest absolute Gasteiger partial charge is 0.345 e. The maximum atomic E-state index is 12.6. The Morgan fingerprint density at radius 2 is 2.17 bits per heavy atom. The van der Waals surface area contributed by atoms with Crippen LogP contribution in [0.1, 0.15) is 48.1 Å². The topological polar surface area (TPSA) is 99.6 Å². The molecule has 1 amide bonds. The quantitative estimate of drug-likeness (QED) is 0.609. The summed E-state index contributed by atoms with van der Waals surface area (Å²) in [5, 5.41) is 11.7. The summed E-state index contributed by atoms with van der Waals surface area (Å²) in [6.45, 7) is 3.70. The van der Waals surface area contributed by atoms with Crippen molar-refractivity contribution in [2.24, 2.45) is 0 Å². The highest BCUT2D eigenvalue weighted by atomic mass is 16.2. The van der Waals surface area contributed by atoms with Crippen molar-refractivity contribution in [3.05, 3.63) is 58.2 Å². The largest absolute Gasteiger partial charge is 0.352 e. The summed E-state index contributed by atoms with van der Waals surface area (Å²) >= 11 is 0. The fraction of sp³-hybridized carbons (Fsp3) is 0.450. The van der Waals surface area contributed by atoms with Gasteiger partial charge in [0.1, 0.15) is 5.82 Å². The molecule has 0 fully saturated rings. The Hall–Kier alpha value is -3.23. The van der Waals surface area contributed by atoms with Crippen molar-refractivity contribution in [2.45, 2.75) is 52.1 Å². The molecule has 4 rings (SSSR count). The molecule has 1 aliphatic rings. The molecule has 0 aliphatic carbocycles. The summed E-state index contributed by atoms with van der Waals surface area (Å²) in [5.74, 6) is 1.40. The van der Waals surface area contributed by atoms with Gasteiger partial charge in [-0.05, 0) is 37.8 Å². The van der Waals surface area contributed by atoms with E-state index in [2.05, 4.69) is 20.5 Å². The van der Waals surface area contributed by atoms with Crippen LogP contribution in [-0.2, 0) is 25.9 Å². The van der Waals surface area contributed by atoms with Crippen LogP contribution >= 0.6 is 0 Å². The highest BCUT2D eigenvalue weighted by Crippen LogP contribution is 2.14. The highest BCUT2D eigenvalue weighted by Gasteiger charge is 2.18. The van der Waals surface area contributed by atoms with Gasteiger partial charge in [-0.1, -0.05) is 13.0 Å². The lowest BCUT2D eigenvalue weighted by Crippen LogP contribution is -2.29. The van der Waals surface area contributed by atoms with E-state index in [0.29, 0.717) is 37.3 Å². The number of fused-ring (bicyclic) bond motifs is 1. The molecule has 1 aliphatic heterocycles. The van der Waals surface area contributed by atoms with Gasteiger partial charge in [0.05, 0.1) is 17.5 Å². The second-order valence-corrected chi connectivity index (χ2v) is 7.10. The second-order valence-electron chi connectivity index (χ2n) is 7.10. The van der Waals surface area contributed by atoms with E-state index in [0.717, 1.165) is 37.3 Å². The first kappa shape index (κ1) is 19.1. The average molecular weight is 395 g/mol. The van der Waals surface area contributed by atoms with Crippen LogP contribution in [0.15, 0.2) is 35.4 Å². The number of rotatable bonds is 7. The van der Waals surface area contributed by atoms with E-state index in [-0.39, 0.29) is 11.6 Å². The van der Waals surface area contributed by atoms with Crippen LogP contribution in [0.25, 0.3) is 5.82 Å². The molecular formula is C20H25N7O2. The van der Waals surface area contributed by atoms with Gasteiger partial charge in [0.15, 0.2) is 5.82 Å². The van der Waals surface area contributed by atoms with Crippen LogP contribution in [-0.4, -0.2) is 41.6 Å². The molecule has 152 valence electrons. The third kappa shape index (κ3) is 3.85. The van der Waals surface area contributed by atoms with Gasteiger partial charge in [0.25, 0.3) is 5.91 Å². The lowest BCUT2D eigenvalue weighted by molar-refractivity contribution is 0.0951. The number of amides is 1. The first-order valence-corrected chi connectivity index (χ1v) is 10.1. The van der Waals surface area contributed by atoms with E-state index in [1.165, 1.54) is 4.68 Å². The number of pyridine rings is 1. The first-order chi connectivity index (χ1) is 14.2. The van der Waals surface area contributed by atoms with Crippen LogP contribution in [0.4, 0.5) is 0 Å². The fourth-order valence-electron chi connectivity index (χ4n) is 3.70. The molecular weight excluding hydrogens is 370 g/mol. The monoisotopic (exact) mass is 395 g/mol. The summed E-state index contributed by atoms with van der Waals surface area (Å²) in [5.41, 5.74) is 1.32. The molecule has 1 N–H and O–H groups in total. The molecule has 29 heavy (non-hydrogen) atoms. The lowest BCUT2D eigenvalue weighted by Gasteiger charge is -2.09. The van der Waals surface area contributed by atoms with Gasteiger partial charge in [-0.3, -0.25) is 9.36 Å². The molecule has 0 atom stereocenters. The fourth-order valence-corrected chi connectivity index (χ4v) is 3.70. The zero-order valence-corrected chi connectivity index (χ0v) is 16.5. The third-order valence-corrected chi connectivity index (χ3v) is 5.18. The molecule has 4 heterocycles. The van der Waals surface area contributed by atoms with Crippen molar-refractivity contribution in [3.63, 3.8) is 0 Å². The predicted molar refractivity (Wildman–Crippen MR) is 107 cm³/mol. The minimum atomic E-state index is -0.166. The van der Waals surface area contributed by atoms with Crippen LogP contribution in [0.3, 0.4) is 0 Å². The van der Waals surface area contributed by atoms with Crippen LogP contribution in [0, 0.1) is 0 Å². The molecule has 9 heteroatoms. The van der Waals surface area contributed by atoms with Crippen molar-refractivity contribution >= 4 is 5.91 Å². The molecule has 0 saturated heterocycles. The molecule has 0 unspecified atom stereocenters. The number of aromatic nitrogens is 6. The van der Waals surface area contributed by atoms with Crippen molar-refractivity contribution in [2.75, 3.05) is 6.54 Å². The lowest BCUT2D eigenvalue weighted by atomic mass is 10.2. The Morgan fingerprint density at radius 1 is 1.28 bits per heavy atom. The van der Waals surface area contributed by atoms with Gasteiger partial charge in [-0.2, -0.15) is 10.2 Å². The molecule has 0 saturated carbocycles. The van der Waals surface area contributed by atoms with Crippen LogP contribution < -0.4 is 11.0 Å². The predicted octanol–water partition coefficient (Wildman–Crippen LogP) is 1.34. The SMILES string of the molecule is CCc1c(C(=O)NCCCn2nc3n(c2=O)CCCC3)cnn1-c1ccccn1. The number of carbonyl (C=O) groups excluding carboxylic acids is 1. The Labute approximate surface area is 168 Å². The van der Waals surface area contributed by atoms with E-state index in [4.69, 9.17) is 0 Å². The van der Waals surface area contributed by atoms with Gasteiger partial charge in [-0.25, -0.2) is 19.1 Å². The number of hydrogen-bond acceptors (Lipinski definition) is 5. The minimum Gasteiger partial charge on any atom is -0.352 e. The number of hydrogen-bond donors (Lipinski definition) is 1. The normalized spacial score (nSPS) is 13.3. The average Bonchev–Trinajstić information content (AvgIpc) is 3.33. The Morgan fingerprint density at radius 3 is 2.93 bits per heavy atom. The maximum absolute atomic E-state index is 12.6. The van der Waals surface area contributed by atoms with Gasteiger partial charge in [-0.15, -0.1) is 0 Å². The van der Waals surface area contributed by atoms with Crippen molar-refractivity contribution in [1.82, 2.24) is 34.4 Å². The van der Waals surface area contributed by atoms with E-state index < -0.39 is 0 Å². The number of carbonyl (C=O) groups is 1. The Kier molecular flexibility index (Phi) is 5.55. The van der Waals surface area contributed by atoms with Crippen LogP contribution in [0.5, 0.6) is 0 Å². The zero-order chi connectivity index (χ0) is 20.2. The zero-order valence-electron chi connectivity index (χ0n) is 16.5. The molecule has 0 radical (unpaired) electrons. The first-order valence-electron chi connectivity index (χ1n) is 10.1. The molecule has 9 nitrogen and oxygen atoms in total. The van der Waals surface area contributed by atoms with Crippen LogP contribution in [0.2, 0.25) is 0 Å². The summed E-state index contributed by atoms with van der Waals surface area (Å²) in [4.78, 5) is 29.3. The van der Waals surface area contributed by atoms with E-state index in [1.54, 1.807) is 21.6 Å². The summed E-state index contributed by atoms with van der Waals surface area (Å²) in [7, 11) is 0. The van der Waals surface area contributed by atoms with E-state index in [1.807, 2.05) is 25.1 Å². The molecule has 0 spiro atoms. The third-order valence-electron chi connectivity index (χ3n) is 5.18. The van der Waals surface area contributed by atoms with Gasteiger partial charge < -0.3 is 5.32 Å². The molecule has 0 bridgehead atoms. The summed E-state index contributed by atoms with van der Waals surface area (Å²) in [6.07, 6.45) is 7.55. The van der Waals surface area contributed by atoms with Crippen molar-refractivity contribution < 1.29 is 4.79 Å². The molecule has 3 aromatic heterocycles. The molecule has 0 aromatic carbocycles.